The van der Waals surface area contributed by atoms with Crippen LogP contribution in [-0.4, -0.2) is 31.2 Å². The van der Waals surface area contributed by atoms with Crippen LogP contribution in [0.1, 0.15) is 43.6 Å². The van der Waals surface area contributed by atoms with Gasteiger partial charge in [-0.1, -0.05) is 35.5 Å². The molecule has 3 aromatic rings. The van der Waals surface area contributed by atoms with Gasteiger partial charge in [0.15, 0.2) is 12.0 Å². The lowest BCUT2D eigenvalue weighted by Gasteiger charge is -2.36. The molecule has 0 radical (unpaired) electrons. The predicted octanol–water partition coefficient (Wildman–Crippen LogP) is 2.65. The second kappa shape index (κ2) is 7.64. The number of nitrogens with one attached hydrogen (secondary N) is 1. The van der Waals surface area contributed by atoms with E-state index in [1.54, 1.807) is 13.0 Å². The van der Waals surface area contributed by atoms with Gasteiger partial charge in [-0.25, -0.2) is 0 Å². The van der Waals surface area contributed by atoms with Crippen LogP contribution in [0.25, 0.3) is 11.3 Å². The van der Waals surface area contributed by atoms with Gasteiger partial charge in [0, 0.05) is 30.4 Å². The second-order valence-electron chi connectivity index (χ2n) is 7.22. The van der Waals surface area contributed by atoms with Crippen molar-refractivity contribution in [3.05, 3.63) is 60.1 Å². The summed E-state index contributed by atoms with van der Waals surface area (Å²) in [5.41, 5.74) is 2.36. The van der Waals surface area contributed by atoms with E-state index in [1.807, 2.05) is 47.3 Å². The molecule has 1 unspecified atom stereocenters. The Kier molecular flexibility index (Phi) is 5.07. The highest BCUT2D eigenvalue weighted by Crippen LogP contribution is 2.31. The van der Waals surface area contributed by atoms with E-state index in [1.165, 1.54) is 0 Å². The summed E-state index contributed by atoms with van der Waals surface area (Å²) in [6, 6.07) is 13.6. The fraction of sp³-hybridized carbons (Fsp3) is 0.400. The zero-order chi connectivity index (χ0) is 18.8. The van der Waals surface area contributed by atoms with Crippen molar-refractivity contribution in [3.63, 3.8) is 0 Å². The Balaban J connectivity index is 1.26. The summed E-state index contributed by atoms with van der Waals surface area (Å²) in [6.07, 6.45) is 2.41. The Bertz CT molecular complexity index is 868. The van der Waals surface area contributed by atoms with Crippen LogP contribution in [0.5, 0.6) is 0 Å². The van der Waals surface area contributed by atoms with E-state index in [9.17, 15) is 10.2 Å². The molecular weight excluding hydrogens is 344 g/mol. The summed E-state index contributed by atoms with van der Waals surface area (Å²) < 4.78 is 7.17. The lowest BCUT2D eigenvalue weighted by atomic mass is 9.80. The van der Waals surface area contributed by atoms with Crippen LogP contribution < -0.4 is 5.32 Å². The minimum atomic E-state index is -0.868. The zero-order valence-electron chi connectivity index (χ0n) is 15.2. The number of aromatic nitrogens is 3. The van der Waals surface area contributed by atoms with E-state index >= 15 is 0 Å². The highest BCUT2D eigenvalue weighted by Gasteiger charge is 2.32. The molecule has 1 saturated carbocycles. The van der Waals surface area contributed by atoms with E-state index in [0.29, 0.717) is 23.1 Å². The fourth-order valence-electron chi connectivity index (χ4n) is 3.46. The third kappa shape index (κ3) is 4.10. The monoisotopic (exact) mass is 368 g/mol. The minimum absolute atomic E-state index is 0.238. The van der Waals surface area contributed by atoms with Crippen LogP contribution in [-0.2, 0) is 6.54 Å². The maximum Gasteiger partial charge on any atom is 0.180 e. The number of nitrogens with zero attached hydrogens (tertiary/aromatic N) is 3. The molecule has 1 aliphatic rings. The van der Waals surface area contributed by atoms with Gasteiger partial charge in [0.05, 0.1) is 11.8 Å². The highest BCUT2D eigenvalue weighted by atomic mass is 16.5. The van der Waals surface area contributed by atoms with Crippen molar-refractivity contribution in [2.24, 2.45) is 5.92 Å². The van der Waals surface area contributed by atoms with E-state index in [-0.39, 0.29) is 6.04 Å². The Morgan fingerprint density at radius 3 is 2.70 bits per heavy atom. The first-order valence-electron chi connectivity index (χ1n) is 9.26. The maximum atomic E-state index is 10.4. The number of hydrogen-bond donors (Lipinski definition) is 3. The molecule has 3 N–H and O–H groups in total. The number of hydrogen-bond acceptors (Lipinski definition) is 6. The predicted molar refractivity (Wildman–Crippen MR) is 99.4 cm³/mol. The van der Waals surface area contributed by atoms with Gasteiger partial charge in [-0.05, 0) is 31.7 Å². The first-order valence-corrected chi connectivity index (χ1v) is 9.26. The molecule has 0 aliphatic heterocycles. The summed E-state index contributed by atoms with van der Waals surface area (Å²) in [6.45, 7) is 2.53. The van der Waals surface area contributed by atoms with Gasteiger partial charge < -0.3 is 14.7 Å². The number of aliphatic hydroxyl groups is 2. The molecule has 4 rings (SSSR count). The third-order valence-corrected chi connectivity index (χ3v) is 5.03. The van der Waals surface area contributed by atoms with Crippen molar-refractivity contribution in [1.29, 1.82) is 0 Å². The molecule has 7 heteroatoms. The Morgan fingerprint density at radius 2 is 2.00 bits per heavy atom. The maximum absolute atomic E-state index is 10.4. The largest absolute Gasteiger partial charge is 0.387 e. The molecule has 0 amide bonds. The molecule has 2 heterocycles. The summed E-state index contributed by atoms with van der Waals surface area (Å²) in [5.74, 6) is 0.928. The van der Waals surface area contributed by atoms with Crippen LogP contribution in [0, 0.1) is 5.92 Å². The lowest BCUT2D eigenvalue weighted by molar-refractivity contribution is 0.0586. The molecule has 0 bridgehead atoms. The van der Waals surface area contributed by atoms with Gasteiger partial charge in [0.2, 0.25) is 0 Å². The molecule has 1 aromatic carbocycles. The van der Waals surface area contributed by atoms with Crippen LogP contribution in [0.2, 0.25) is 0 Å². The van der Waals surface area contributed by atoms with Crippen molar-refractivity contribution in [2.45, 2.75) is 44.7 Å². The molecule has 142 valence electrons. The molecule has 1 fully saturated rings. The summed E-state index contributed by atoms with van der Waals surface area (Å²) in [7, 11) is 0. The van der Waals surface area contributed by atoms with E-state index < -0.39 is 12.3 Å². The zero-order valence-corrected chi connectivity index (χ0v) is 15.2. The van der Waals surface area contributed by atoms with E-state index in [4.69, 9.17) is 4.52 Å². The quantitative estimate of drug-likeness (QED) is 0.555. The van der Waals surface area contributed by atoms with Crippen LogP contribution >= 0.6 is 0 Å². The normalized spacial score (nSPS) is 21.6. The molecule has 2 atom stereocenters. The van der Waals surface area contributed by atoms with Crippen molar-refractivity contribution < 1.29 is 14.7 Å². The molecule has 27 heavy (non-hydrogen) atoms. The van der Waals surface area contributed by atoms with Gasteiger partial charge in [0.1, 0.15) is 5.69 Å². The fourth-order valence-corrected chi connectivity index (χ4v) is 3.46. The van der Waals surface area contributed by atoms with Gasteiger partial charge in [-0.2, -0.15) is 5.10 Å². The van der Waals surface area contributed by atoms with Crippen molar-refractivity contribution in [1.82, 2.24) is 20.3 Å². The SMILES string of the molecule is C[C@H](O)c1ccn(C[C@H]2C[C@H](NC(O)c3cc(-c4ccccc4)no3)C2)n1. The number of rotatable bonds is 7. The average Bonchev–Trinajstić information content (AvgIpc) is 3.30. The van der Waals surface area contributed by atoms with Crippen molar-refractivity contribution in [2.75, 3.05) is 0 Å². The van der Waals surface area contributed by atoms with Crippen LogP contribution in [0.4, 0.5) is 0 Å². The molecule has 2 aromatic heterocycles. The molecule has 0 saturated heterocycles. The summed E-state index contributed by atoms with van der Waals surface area (Å²) in [4.78, 5) is 0. The summed E-state index contributed by atoms with van der Waals surface area (Å²) in [5, 5.41) is 31.5. The van der Waals surface area contributed by atoms with E-state index in [2.05, 4.69) is 15.6 Å². The Hall–Kier alpha value is -2.48. The third-order valence-electron chi connectivity index (χ3n) is 5.03. The topological polar surface area (TPSA) is 96.3 Å². The first kappa shape index (κ1) is 17.9. The smallest absolute Gasteiger partial charge is 0.180 e. The second-order valence-corrected chi connectivity index (χ2v) is 7.22. The molecule has 7 nitrogen and oxygen atoms in total. The average molecular weight is 368 g/mol. The number of benzene rings is 1. The van der Waals surface area contributed by atoms with Crippen LogP contribution in [0.15, 0.2) is 53.2 Å². The Labute approximate surface area is 157 Å². The molecule has 0 spiro atoms. The standard InChI is InChI=1S/C20H24N4O3/c1-13(25)17-7-8-24(22-17)12-14-9-16(10-14)21-20(26)19-11-18(23-27-19)15-5-3-2-4-6-15/h2-8,11,13-14,16,20-21,25-26H,9-10,12H2,1H3/t13-,14-,16-,20?/m0/s1. The molecular formula is C20H24N4O3. The first-order chi connectivity index (χ1) is 13.1. The lowest BCUT2D eigenvalue weighted by Crippen LogP contribution is -2.44. The van der Waals surface area contributed by atoms with Gasteiger partial charge in [-0.3, -0.25) is 10.00 Å². The molecule has 1 aliphatic carbocycles. The minimum Gasteiger partial charge on any atom is -0.387 e. The van der Waals surface area contributed by atoms with Crippen molar-refractivity contribution >= 4 is 0 Å². The number of aliphatic hydroxyl groups excluding tert-OH is 2. The van der Waals surface area contributed by atoms with Gasteiger partial charge >= 0.3 is 0 Å². The van der Waals surface area contributed by atoms with Gasteiger partial charge in [-0.15, -0.1) is 0 Å². The van der Waals surface area contributed by atoms with Crippen LogP contribution in [0.3, 0.4) is 0 Å². The highest BCUT2D eigenvalue weighted by molar-refractivity contribution is 5.58. The van der Waals surface area contributed by atoms with Gasteiger partial charge in [0.25, 0.3) is 0 Å². The summed E-state index contributed by atoms with van der Waals surface area (Å²) >= 11 is 0. The van der Waals surface area contributed by atoms with E-state index in [0.717, 1.165) is 24.9 Å². The van der Waals surface area contributed by atoms with Crippen molar-refractivity contribution in [3.8, 4) is 11.3 Å². The Morgan fingerprint density at radius 1 is 1.22 bits per heavy atom.